The molecule has 2 heterocycles. The van der Waals surface area contributed by atoms with Crippen molar-refractivity contribution in [3.8, 4) is 0 Å². The number of alkyl halides is 3. The topological polar surface area (TPSA) is 52.6 Å². The molecule has 5 nitrogen and oxygen atoms in total. The van der Waals surface area contributed by atoms with Gasteiger partial charge < -0.3 is 10.2 Å². The predicted octanol–water partition coefficient (Wildman–Crippen LogP) is 4.21. The third-order valence-corrected chi connectivity index (χ3v) is 3.79. The van der Waals surface area contributed by atoms with E-state index in [1.807, 2.05) is 19.0 Å². The predicted molar refractivity (Wildman–Crippen MR) is 110 cm³/mol. The number of likely N-dealkylation sites (N-methyl/N-ethyl adjacent to an activating group) is 1. The number of allylic oxidation sites excluding steroid dienone is 5. The lowest BCUT2D eigenvalue weighted by Crippen LogP contribution is -2.28. The Bertz CT molecular complexity index is 934. The van der Waals surface area contributed by atoms with Crippen molar-refractivity contribution in [1.29, 1.82) is 0 Å². The van der Waals surface area contributed by atoms with E-state index < -0.39 is 11.9 Å². The van der Waals surface area contributed by atoms with Crippen molar-refractivity contribution in [3.05, 3.63) is 96.7 Å². The summed E-state index contributed by atoms with van der Waals surface area (Å²) in [4.78, 5) is 5.32. The van der Waals surface area contributed by atoms with Crippen LogP contribution < -0.4 is 10.7 Å². The maximum absolute atomic E-state index is 13.3. The van der Waals surface area contributed by atoms with Crippen LogP contribution in [0, 0.1) is 0 Å². The number of nitrogens with zero attached hydrogens (tertiary/aromatic N) is 3. The summed E-state index contributed by atoms with van der Waals surface area (Å²) in [6, 6.07) is 2.75. The zero-order chi connectivity index (χ0) is 21.6. The Kier molecular flexibility index (Phi) is 6.82. The monoisotopic (exact) mass is 401 g/mol. The second kappa shape index (κ2) is 9.09. The largest absolute Gasteiger partial charge is 0.434 e. The summed E-state index contributed by atoms with van der Waals surface area (Å²) in [6.45, 7) is 11.5. The van der Waals surface area contributed by atoms with Gasteiger partial charge in [-0.25, -0.2) is 0 Å². The summed E-state index contributed by atoms with van der Waals surface area (Å²) >= 11 is 0. The fourth-order valence-corrected chi connectivity index (χ4v) is 2.52. The summed E-state index contributed by atoms with van der Waals surface area (Å²) in [5.74, 6) is 0.344. The quantitative estimate of drug-likeness (QED) is 0.726. The van der Waals surface area contributed by atoms with Gasteiger partial charge in [0.2, 0.25) is 0 Å². The van der Waals surface area contributed by atoms with Crippen molar-refractivity contribution in [1.82, 2.24) is 20.6 Å². The summed E-state index contributed by atoms with van der Waals surface area (Å²) in [5, 5.41) is 7.20. The number of rotatable bonds is 5. The molecule has 8 heteroatoms. The third-order valence-electron chi connectivity index (χ3n) is 3.79. The zero-order valence-electron chi connectivity index (χ0n) is 16.2. The third kappa shape index (κ3) is 5.71. The number of hydrogen-bond donors (Lipinski definition) is 2. The zero-order valence-corrected chi connectivity index (χ0v) is 16.2. The van der Waals surface area contributed by atoms with Gasteiger partial charge in [0.25, 0.3) is 0 Å². The molecule has 0 saturated heterocycles. The van der Waals surface area contributed by atoms with Gasteiger partial charge in [-0.2, -0.15) is 18.3 Å². The fourth-order valence-electron chi connectivity index (χ4n) is 2.52. The first kappa shape index (κ1) is 21.7. The van der Waals surface area contributed by atoms with E-state index in [4.69, 9.17) is 0 Å². The van der Waals surface area contributed by atoms with Crippen LogP contribution in [-0.4, -0.2) is 29.8 Å². The van der Waals surface area contributed by atoms with Gasteiger partial charge in [0.15, 0.2) is 11.5 Å². The Labute approximate surface area is 168 Å². The van der Waals surface area contributed by atoms with E-state index in [-0.39, 0.29) is 11.3 Å². The fraction of sp³-hybridized carbons (Fsp3) is 0.143. The van der Waals surface area contributed by atoms with Crippen LogP contribution >= 0.6 is 0 Å². The van der Waals surface area contributed by atoms with Crippen LogP contribution in [0.3, 0.4) is 0 Å². The van der Waals surface area contributed by atoms with E-state index in [1.165, 1.54) is 18.2 Å². The van der Waals surface area contributed by atoms with Crippen molar-refractivity contribution < 1.29 is 13.2 Å². The molecule has 0 aliphatic carbocycles. The molecule has 29 heavy (non-hydrogen) atoms. The highest BCUT2D eigenvalue weighted by Gasteiger charge is 2.36. The number of amidine groups is 1. The smallest absolute Gasteiger partial charge is 0.376 e. The van der Waals surface area contributed by atoms with Crippen molar-refractivity contribution in [3.63, 3.8) is 0 Å². The molecule has 2 N–H and O–H groups in total. The summed E-state index contributed by atoms with van der Waals surface area (Å²) in [5.41, 5.74) is 3.45. The van der Waals surface area contributed by atoms with E-state index in [9.17, 15) is 13.2 Å². The second-order valence-corrected chi connectivity index (χ2v) is 6.26. The number of nitrogens with one attached hydrogen (secondary N) is 2. The van der Waals surface area contributed by atoms with Gasteiger partial charge in [0, 0.05) is 25.9 Å². The van der Waals surface area contributed by atoms with E-state index in [0.29, 0.717) is 17.1 Å². The Hall–Kier alpha value is -3.55. The van der Waals surface area contributed by atoms with Crippen LogP contribution in [0.4, 0.5) is 13.2 Å². The first-order chi connectivity index (χ1) is 13.6. The Morgan fingerprint density at radius 3 is 2.62 bits per heavy atom. The van der Waals surface area contributed by atoms with Crippen LogP contribution in [0.2, 0.25) is 0 Å². The van der Waals surface area contributed by atoms with Crippen LogP contribution in [0.25, 0.3) is 5.70 Å². The molecule has 0 bridgehead atoms. The number of pyridine rings is 1. The molecular formula is C21H22F3N5. The van der Waals surface area contributed by atoms with Gasteiger partial charge in [-0.1, -0.05) is 31.9 Å². The van der Waals surface area contributed by atoms with Crippen LogP contribution in [0.5, 0.6) is 0 Å². The molecule has 0 saturated carbocycles. The molecule has 0 radical (unpaired) electrons. The average Bonchev–Trinajstić information content (AvgIpc) is 2.64. The summed E-state index contributed by atoms with van der Waals surface area (Å²) in [6.07, 6.45) is 4.64. The van der Waals surface area contributed by atoms with E-state index in [0.717, 1.165) is 11.9 Å². The van der Waals surface area contributed by atoms with Gasteiger partial charge >= 0.3 is 6.18 Å². The number of hydrogen-bond acceptors (Lipinski definition) is 5. The maximum Gasteiger partial charge on any atom is 0.434 e. The molecule has 152 valence electrons. The van der Waals surface area contributed by atoms with E-state index in [2.05, 4.69) is 40.6 Å². The Balaban J connectivity index is 2.36. The minimum Gasteiger partial charge on any atom is -0.376 e. The molecule has 1 aromatic heterocycles. The van der Waals surface area contributed by atoms with Gasteiger partial charge in [0.1, 0.15) is 0 Å². The first-order valence-electron chi connectivity index (χ1n) is 8.54. The van der Waals surface area contributed by atoms with Crippen LogP contribution in [0.1, 0.15) is 11.3 Å². The van der Waals surface area contributed by atoms with Crippen LogP contribution in [0.15, 0.2) is 90.5 Å². The molecule has 0 spiro atoms. The summed E-state index contributed by atoms with van der Waals surface area (Å²) in [7, 11) is 3.69. The minimum absolute atomic E-state index is 0.124. The number of halogens is 3. The molecule has 0 atom stereocenters. The lowest BCUT2D eigenvalue weighted by molar-refractivity contribution is -0.141. The van der Waals surface area contributed by atoms with Gasteiger partial charge in [0.05, 0.1) is 17.1 Å². The van der Waals surface area contributed by atoms with E-state index in [1.54, 1.807) is 24.3 Å². The lowest BCUT2D eigenvalue weighted by atomic mass is 10.1. The van der Waals surface area contributed by atoms with Crippen molar-refractivity contribution in [2.75, 3.05) is 14.1 Å². The molecule has 0 amide bonds. The highest BCUT2D eigenvalue weighted by Crippen LogP contribution is 2.33. The van der Waals surface area contributed by atoms with Crippen molar-refractivity contribution in [2.45, 2.75) is 6.18 Å². The molecule has 1 aromatic rings. The van der Waals surface area contributed by atoms with E-state index >= 15 is 0 Å². The van der Waals surface area contributed by atoms with Crippen molar-refractivity contribution >= 4 is 11.5 Å². The Morgan fingerprint density at radius 2 is 2.00 bits per heavy atom. The summed E-state index contributed by atoms with van der Waals surface area (Å²) < 4.78 is 40.0. The van der Waals surface area contributed by atoms with Gasteiger partial charge in [-0.15, -0.1) is 0 Å². The molecule has 2 rings (SSSR count). The van der Waals surface area contributed by atoms with Gasteiger partial charge in [-0.3, -0.25) is 10.4 Å². The van der Waals surface area contributed by atoms with Crippen LogP contribution in [-0.2, 0) is 6.18 Å². The highest BCUT2D eigenvalue weighted by molar-refractivity contribution is 5.95. The number of aromatic nitrogens is 1. The molecular weight excluding hydrogens is 379 g/mol. The molecule has 0 aromatic carbocycles. The average molecular weight is 401 g/mol. The van der Waals surface area contributed by atoms with Crippen molar-refractivity contribution in [2.24, 2.45) is 5.10 Å². The molecule has 1 aliphatic rings. The lowest BCUT2D eigenvalue weighted by Gasteiger charge is -2.21. The minimum atomic E-state index is -4.60. The highest BCUT2D eigenvalue weighted by atomic mass is 19.4. The SMILES string of the molecule is C=C/C=C(/C(=C)NC1=N/N/C(c2cccnc2C(F)(F)F)=C\C(=C)/C=C\1)N(C)C. The normalized spacial score (nSPS) is 19.5. The second-order valence-electron chi connectivity index (χ2n) is 6.26. The van der Waals surface area contributed by atoms with Gasteiger partial charge in [-0.05, 0) is 35.9 Å². The standard InChI is InChI=1S/C21H22F3N5/c1-6-8-18(29(4)5)15(3)26-19-11-10-14(2)13-17(27-28-19)16-9-7-12-25-20(16)21(22,23)24/h6-13,27H,1-3H2,4-5H3,(H,26,28)/b11-10-,17-13-,18-8-. The first-order valence-corrected chi connectivity index (χ1v) is 8.54. The molecule has 0 fully saturated rings. The Morgan fingerprint density at radius 1 is 1.28 bits per heavy atom. The maximum atomic E-state index is 13.3. The molecule has 0 unspecified atom stereocenters. The molecule has 1 aliphatic heterocycles. The number of hydrazone groups is 1.